The second-order valence-electron chi connectivity index (χ2n) is 9.85. The number of Topliss-reactive ketones (excluding diaryl/α,β-unsaturated/α-hetero) is 2. The normalized spacial score (nSPS) is 26.0. The molecule has 4 unspecified atom stereocenters. The zero-order chi connectivity index (χ0) is 24.5. The fraction of sp³-hybridized carbons (Fsp3) is 0.233. The van der Waals surface area contributed by atoms with E-state index in [1.807, 2.05) is 73.3 Å². The van der Waals surface area contributed by atoms with Crippen molar-refractivity contribution in [3.63, 3.8) is 0 Å². The predicted molar refractivity (Wildman–Crippen MR) is 137 cm³/mol. The summed E-state index contributed by atoms with van der Waals surface area (Å²) < 4.78 is 0. The predicted octanol–water partition coefficient (Wildman–Crippen LogP) is 4.95. The first kappa shape index (κ1) is 21.5. The average molecular weight is 463 g/mol. The summed E-state index contributed by atoms with van der Waals surface area (Å²) in [6.45, 7) is 5.61. The Morgan fingerprint density at radius 1 is 0.943 bits per heavy atom. The lowest BCUT2D eigenvalue weighted by Gasteiger charge is -2.39. The third-order valence-corrected chi connectivity index (χ3v) is 7.89. The second-order valence-corrected chi connectivity index (χ2v) is 9.85. The summed E-state index contributed by atoms with van der Waals surface area (Å²) in [6.07, 6.45) is 2.08. The maximum atomic E-state index is 14.3. The maximum Gasteiger partial charge on any atom is 0.238 e. The van der Waals surface area contributed by atoms with Crippen molar-refractivity contribution in [2.45, 2.75) is 38.3 Å². The fourth-order valence-electron chi connectivity index (χ4n) is 6.48. The zero-order valence-corrected chi connectivity index (χ0v) is 19.9. The number of rotatable bonds is 3. The summed E-state index contributed by atoms with van der Waals surface area (Å²) in [7, 11) is 0. The summed E-state index contributed by atoms with van der Waals surface area (Å²) in [4.78, 5) is 43.8. The minimum Gasteiger partial charge on any atom is -0.352 e. The summed E-state index contributed by atoms with van der Waals surface area (Å²) in [5.74, 6) is -1.43. The number of hydrogen-bond acceptors (Lipinski definition) is 4. The standard InChI is InChI=1S/C30H26N2O3/c1-17-13-14-24-21(15-17)18(2)16-25-30(22-11-7-8-12-23(22)31-29(30)35)26(27(19(3)33)32(24)25)28(34)20-9-5-4-6-10-20/h4-16,25-27H,1-3H3,(H,31,35). The van der Waals surface area contributed by atoms with Gasteiger partial charge in [-0.15, -0.1) is 0 Å². The quantitative estimate of drug-likeness (QED) is 0.560. The van der Waals surface area contributed by atoms with Crippen LogP contribution < -0.4 is 10.2 Å². The molecule has 0 aliphatic carbocycles. The smallest absolute Gasteiger partial charge is 0.238 e. The molecule has 6 rings (SSSR count). The molecule has 5 nitrogen and oxygen atoms in total. The van der Waals surface area contributed by atoms with E-state index in [1.165, 1.54) is 6.92 Å². The van der Waals surface area contributed by atoms with Crippen LogP contribution in [0.3, 0.4) is 0 Å². The van der Waals surface area contributed by atoms with E-state index in [4.69, 9.17) is 0 Å². The lowest BCUT2D eigenvalue weighted by atomic mass is 9.64. The van der Waals surface area contributed by atoms with E-state index in [-0.39, 0.29) is 17.5 Å². The average Bonchev–Trinajstić information content (AvgIpc) is 3.32. The molecule has 3 aliphatic rings. The third-order valence-electron chi connectivity index (χ3n) is 7.89. The van der Waals surface area contributed by atoms with E-state index in [9.17, 15) is 14.4 Å². The molecule has 35 heavy (non-hydrogen) atoms. The number of nitrogens with zero attached hydrogens (tertiary/aromatic N) is 1. The number of para-hydroxylation sites is 1. The summed E-state index contributed by atoms with van der Waals surface area (Å²) in [6, 6.07) is 21.5. The van der Waals surface area contributed by atoms with Gasteiger partial charge >= 0.3 is 0 Å². The lowest BCUT2D eigenvalue weighted by Crippen LogP contribution is -2.51. The number of anilines is 2. The highest BCUT2D eigenvalue weighted by atomic mass is 16.2. The molecule has 1 spiro atoms. The van der Waals surface area contributed by atoms with Gasteiger partial charge in [0.25, 0.3) is 0 Å². The first-order chi connectivity index (χ1) is 16.9. The number of amides is 1. The summed E-state index contributed by atoms with van der Waals surface area (Å²) in [5, 5.41) is 3.05. The van der Waals surface area contributed by atoms with Crippen molar-refractivity contribution in [1.29, 1.82) is 0 Å². The number of nitrogens with one attached hydrogen (secondary N) is 1. The highest BCUT2D eigenvalue weighted by Gasteiger charge is 2.70. The van der Waals surface area contributed by atoms with Crippen molar-refractivity contribution in [3.05, 3.63) is 101 Å². The van der Waals surface area contributed by atoms with Gasteiger partial charge in [0.15, 0.2) is 11.6 Å². The van der Waals surface area contributed by atoms with E-state index >= 15 is 0 Å². The van der Waals surface area contributed by atoms with E-state index in [0.29, 0.717) is 11.3 Å². The molecule has 0 aromatic heterocycles. The van der Waals surface area contributed by atoms with Gasteiger partial charge in [-0.25, -0.2) is 0 Å². The Kier molecular flexibility index (Phi) is 4.62. The molecule has 1 N–H and O–H groups in total. The Balaban J connectivity index is 1.69. The molecule has 3 aromatic carbocycles. The molecule has 5 heteroatoms. The SMILES string of the molecule is CC(=O)C1C(C(=O)c2ccccc2)C2(C(=O)Nc3ccccc32)C2C=C(C)c3cc(C)ccc3N12. The van der Waals surface area contributed by atoms with Crippen LogP contribution in [0.5, 0.6) is 0 Å². The first-order valence-electron chi connectivity index (χ1n) is 11.9. The van der Waals surface area contributed by atoms with Crippen molar-refractivity contribution >= 4 is 34.4 Å². The fourth-order valence-corrected chi connectivity index (χ4v) is 6.48. The molecule has 174 valence electrons. The van der Waals surface area contributed by atoms with Gasteiger partial charge in [-0.1, -0.05) is 66.2 Å². The van der Waals surface area contributed by atoms with Crippen molar-refractivity contribution in [2.24, 2.45) is 5.92 Å². The van der Waals surface area contributed by atoms with Crippen LogP contribution in [0.25, 0.3) is 5.57 Å². The molecule has 0 bridgehead atoms. The first-order valence-corrected chi connectivity index (χ1v) is 11.9. The second kappa shape index (κ2) is 7.51. The summed E-state index contributed by atoms with van der Waals surface area (Å²) in [5.41, 5.74) is 4.82. The highest BCUT2D eigenvalue weighted by molar-refractivity contribution is 6.16. The van der Waals surface area contributed by atoms with E-state index in [1.54, 1.807) is 12.1 Å². The Morgan fingerprint density at radius 3 is 2.40 bits per heavy atom. The molecular weight excluding hydrogens is 436 g/mol. The minimum atomic E-state index is -1.23. The van der Waals surface area contributed by atoms with Crippen LogP contribution in [-0.4, -0.2) is 29.6 Å². The van der Waals surface area contributed by atoms with Gasteiger partial charge in [-0.2, -0.15) is 0 Å². The van der Waals surface area contributed by atoms with Crippen LogP contribution in [0.1, 0.15) is 40.9 Å². The zero-order valence-electron chi connectivity index (χ0n) is 19.9. The van der Waals surface area contributed by atoms with Crippen molar-refractivity contribution in [3.8, 4) is 0 Å². The Hall–Kier alpha value is -3.99. The molecule has 3 heterocycles. The third kappa shape index (κ3) is 2.78. The van der Waals surface area contributed by atoms with Gasteiger partial charge in [0.1, 0.15) is 5.41 Å². The molecule has 1 amide bonds. The molecule has 3 aliphatic heterocycles. The Labute approximate surface area is 204 Å². The number of aryl methyl sites for hydroxylation is 1. The van der Waals surface area contributed by atoms with Crippen molar-refractivity contribution in [2.75, 3.05) is 10.2 Å². The molecule has 1 fully saturated rings. The number of allylic oxidation sites excluding steroid dienone is 1. The molecular formula is C30H26N2O3. The number of hydrogen-bond donors (Lipinski definition) is 1. The van der Waals surface area contributed by atoms with Crippen LogP contribution in [0.15, 0.2) is 78.9 Å². The molecule has 0 radical (unpaired) electrons. The lowest BCUT2D eigenvalue weighted by molar-refractivity contribution is -0.122. The summed E-state index contributed by atoms with van der Waals surface area (Å²) >= 11 is 0. The van der Waals surface area contributed by atoms with Gasteiger partial charge in [0.2, 0.25) is 5.91 Å². The van der Waals surface area contributed by atoms with Crippen molar-refractivity contribution in [1.82, 2.24) is 0 Å². The monoisotopic (exact) mass is 462 g/mol. The number of carbonyl (C=O) groups is 3. The maximum absolute atomic E-state index is 14.3. The topological polar surface area (TPSA) is 66.5 Å². The van der Waals surface area contributed by atoms with Crippen LogP contribution in [0, 0.1) is 12.8 Å². The Bertz CT molecular complexity index is 1440. The molecule has 3 aromatic rings. The number of ketones is 2. The number of benzene rings is 3. The van der Waals surface area contributed by atoms with Crippen LogP contribution in [0.4, 0.5) is 11.4 Å². The van der Waals surface area contributed by atoms with E-state index in [0.717, 1.165) is 28.0 Å². The molecule has 0 saturated carbocycles. The highest BCUT2D eigenvalue weighted by Crippen LogP contribution is 2.58. The molecule has 1 saturated heterocycles. The van der Waals surface area contributed by atoms with Crippen LogP contribution in [0.2, 0.25) is 0 Å². The number of fused-ring (bicyclic) bond motifs is 6. The van der Waals surface area contributed by atoms with Crippen LogP contribution >= 0.6 is 0 Å². The minimum absolute atomic E-state index is 0.127. The number of carbonyl (C=O) groups excluding carboxylic acids is 3. The van der Waals surface area contributed by atoms with E-state index in [2.05, 4.69) is 17.5 Å². The van der Waals surface area contributed by atoms with Gasteiger partial charge in [0.05, 0.1) is 18.0 Å². The van der Waals surface area contributed by atoms with Gasteiger partial charge in [-0.05, 0) is 50.1 Å². The largest absolute Gasteiger partial charge is 0.352 e. The van der Waals surface area contributed by atoms with Crippen LogP contribution in [-0.2, 0) is 15.0 Å². The Morgan fingerprint density at radius 2 is 1.66 bits per heavy atom. The van der Waals surface area contributed by atoms with Gasteiger partial charge in [0, 0.05) is 22.5 Å². The van der Waals surface area contributed by atoms with E-state index < -0.39 is 23.4 Å². The van der Waals surface area contributed by atoms with Gasteiger partial charge < -0.3 is 10.2 Å². The molecule has 4 atom stereocenters. The van der Waals surface area contributed by atoms with Gasteiger partial charge in [-0.3, -0.25) is 14.4 Å². The van der Waals surface area contributed by atoms with Crippen molar-refractivity contribution < 1.29 is 14.4 Å².